The monoisotopic (exact) mass is 297 g/mol. The third-order valence-corrected chi connectivity index (χ3v) is 3.33. The maximum Gasteiger partial charge on any atom is 0.374 e. The molecule has 0 radical (unpaired) electrons. The van der Waals surface area contributed by atoms with E-state index in [4.69, 9.17) is 14.4 Å². The molecule has 0 saturated heterocycles. The lowest BCUT2D eigenvalue weighted by atomic mass is 9.87. The molecule has 0 spiro atoms. The minimum atomic E-state index is -0.497. The second-order valence-electron chi connectivity index (χ2n) is 4.07. The molecule has 0 aromatic carbocycles. The van der Waals surface area contributed by atoms with Gasteiger partial charge < -0.3 is 9.15 Å². The summed E-state index contributed by atoms with van der Waals surface area (Å²) in [6.45, 7) is 0. The van der Waals surface area contributed by atoms with Crippen molar-refractivity contribution < 1.29 is 13.9 Å². The number of carbonyl (C=O) groups excluding carboxylic acids is 1. The van der Waals surface area contributed by atoms with E-state index in [9.17, 15) is 4.79 Å². The molecule has 2 unspecified atom stereocenters. The van der Waals surface area contributed by atoms with Crippen LogP contribution >= 0.6 is 15.9 Å². The van der Waals surface area contributed by atoms with Crippen LogP contribution in [0.4, 0.5) is 0 Å². The van der Waals surface area contributed by atoms with Crippen molar-refractivity contribution in [2.45, 2.75) is 31.8 Å². The summed E-state index contributed by atoms with van der Waals surface area (Å²) in [5.74, 6) is -0.520. The van der Waals surface area contributed by atoms with E-state index < -0.39 is 5.97 Å². The lowest BCUT2D eigenvalue weighted by molar-refractivity contribution is 0.00741. The molecule has 1 saturated carbocycles. The van der Waals surface area contributed by atoms with Gasteiger partial charge in [-0.3, -0.25) is 0 Å². The average molecular weight is 298 g/mol. The number of nitrogens with zero attached hydrogens (tertiary/aromatic N) is 1. The minimum Gasteiger partial charge on any atom is -0.455 e. The topological polar surface area (TPSA) is 63.2 Å². The van der Waals surface area contributed by atoms with Crippen molar-refractivity contribution in [1.29, 1.82) is 5.26 Å². The number of rotatable bonds is 2. The maximum absolute atomic E-state index is 11.7. The molecular weight excluding hydrogens is 286 g/mol. The van der Waals surface area contributed by atoms with Gasteiger partial charge in [-0.05, 0) is 47.3 Å². The standard InChI is InChI=1S/C12H12BrNO3/c13-11-6-5-10(16-11)12(15)17-9-4-2-1-3-8(9)7-14/h5-6,8-9H,1-4H2. The second kappa shape index (κ2) is 5.37. The summed E-state index contributed by atoms with van der Waals surface area (Å²) in [7, 11) is 0. The number of hydrogen-bond donors (Lipinski definition) is 0. The van der Waals surface area contributed by atoms with Gasteiger partial charge in [0.05, 0.1) is 12.0 Å². The summed E-state index contributed by atoms with van der Waals surface area (Å²) in [4.78, 5) is 11.7. The Labute approximate surface area is 108 Å². The molecule has 4 nitrogen and oxygen atoms in total. The van der Waals surface area contributed by atoms with Crippen molar-refractivity contribution in [2.75, 3.05) is 0 Å². The van der Waals surface area contributed by atoms with Gasteiger partial charge in [-0.15, -0.1) is 0 Å². The Bertz CT molecular complexity index is 449. The first-order valence-electron chi connectivity index (χ1n) is 5.56. The lowest BCUT2D eigenvalue weighted by Gasteiger charge is -2.25. The first kappa shape index (κ1) is 12.2. The number of nitriles is 1. The van der Waals surface area contributed by atoms with Crippen LogP contribution < -0.4 is 0 Å². The van der Waals surface area contributed by atoms with Crippen LogP contribution in [0.3, 0.4) is 0 Å². The molecule has 1 fully saturated rings. The quantitative estimate of drug-likeness (QED) is 0.786. The number of esters is 1. The Morgan fingerprint density at radius 3 is 2.88 bits per heavy atom. The molecule has 1 aliphatic carbocycles. The predicted octanol–water partition coefficient (Wildman–Crippen LogP) is 3.28. The number of carbonyl (C=O) groups is 1. The second-order valence-corrected chi connectivity index (χ2v) is 4.85. The van der Waals surface area contributed by atoms with Crippen molar-refractivity contribution in [3.63, 3.8) is 0 Å². The largest absolute Gasteiger partial charge is 0.455 e. The van der Waals surface area contributed by atoms with E-state index in [2.05, 4.69) is 22.0 Å². The van der Waals surface area contributed by atoms with E-state index in [0.717, 1.165) is 25.7 Å². The van der Waals surface area contributed by atoms with Crippen LogP contribution in [-0.2, 0) is 4.74 Å². The molecule has 1 aromatic heterocycles. The highest BCUT2D eigenvalue weighted by Crippen LogP contribution is 2.27. The molecule has 90 valence electrons. The highest BCUT2D eigenvalue weighted by atomic mass is 79.9. The SMILES string of the molecule is N#CC1CCCCC1OC(=O)c1ccc(Br)o1. The van der Waals surface area contributed by atoms with Crippen LogP contribution in [0, 0.1) is 17.2 Å². The van der Waals surface area contributed by atoms with Crippen LogP contribution in [-0.4, -0.2) is 12.1 Å². The Hall–Kier alpha value is -1.28. The van der Waals surface area contributed by atoms with Crippen molar-refractivity contribution >= 4 is 21.9 Å². The summed E-state index contributed by atoms with van der Waals surface area (Å²) >= 11 is 3.12. The van der Waals surface area contributed by atoms with Gasteiger partial charge in [-0.2, -0.15) is 5.26 Å². The summed E-state index contributed by atoms with van der Waals surface area (Å²) in [6.07, 6.45) is 3.28. The third kappa shape index (κ3) is 2.89. The molecule has 2 atom stereocenters. The highest BCUT2D eigenvalue weighted by molar-refractivity contribution is 9.10. The average Bonchev–Trinajstić information content (AvgIpc) is 2.77. The zero-order valence-corrected chi connectivity index (χ0v) is 10.8. The van der Waals surface area contributed by atoms with E-state index in [1.165, 1.54) is 0 Å². The molecule has 17 heavy (non-hydrogen) atoms. The molecule has 1 heterocycles. The van der Waals surface area contributed by atoms with Gasteiger partial charge in [0.25, 0.3) is 0 Å². The van der Waals surface area contributed by atoms with Gasteiger partial charge in [0, 0.05) is 0 Å². The Morgan fingerprint density at radius 1 is 1.47 bits per heavy atom. The van der Waals surface area contributed by atoms with Crippen LogP contribution in [0.25, 0.3) is 0 Å². The molecule has 5 heteroatoms. The summed E-state index contributed by atoms with van der Waals surface area (Å²) in [5.41, 5.74) is 0. The smallest absolute Gasteiger partial charge is 0.374 e. The first-order chi connectivity index (χ1) is 8.20. The molecule has 0 bridgehead atoms. The summed E-state index contributed by atoms with van der Waals surface area (Å²) < 4.78 is 10.9. The van der Waals surface area contributed by atoms with Crippen LogP contribution in [0.1, 0.15) is 36.2 Å². The molecule has 0 amide bonds. The molecular formula is C12H12BrNO3. The molecule has 1 aliphatic rings. The van der Waals surface area contributed by atoms with Crippen LogP contribution in [0.2, 0.25) is 0 Å². The van der Waals surface area contributed by atoms with Crippen molar-refractivity contribution in [2.24, 2.45) is 5.92 Å². The van der Waals surface area contributed by atoms with Crippen molar-refractivity contribution in [1.82, 2.24) is 0 Å². The van der Waals surface area contributed by atoms with Gasteiger partial charge in [0.15, 0.2) is 4.67 Å². The number of ether oxygens (including phenoxy) is 1. The summed E-state index contributed by atoms with van der Waals surface area (Å²) in [5, 5.41) is 8.98. The zero-order chi connectivity index (χ0) is 12.3. The van der Waals surface area contributed by atoms with Gasteiger partial charge in [0.2, 0.25) is 5.76 Å². The molecule has 0 N–H and O–H groups in total. The molecule has 2 rings (SSSR count). The first-order valence-corrected chi connectivity index (χ1v) is 6.36. The molecule has 1 aromatic rings. The third-order valence-electron chi connectivity index (χ3n) is 2.90. The van der Waals surface area contributed by atoms with E-state index in [0.29, 0.717) is 4.67 Å². The fraction of sp³-hybridized carbons (Fsp3) is 0.500. The van der Waals surface area contributed by atoms with Gasteiger partial charge in [0.1, 0.15) is 6.10 Å². The fourth-order valence-electron chi connectivity index (χ4n) is 2.01. The van der Waals surface area contributed by atoms with E-state index >= 15 is 0 Å². The predicted molar refractivity (Wildman–Crippen MR) is 63.2 cm³/mol. The summed E-state index contributed by atoms with van der Waals surface area (Å²) in [6, 6.07) is 5.39. The van der Waals surface area contributed by atoms with Crippen LogP contribution in [0.5, 0.6) is 0 Å². The Kier molecular flexibility index (Phi) is 3.85. The maximum atomic E-state index is 11.7. The van der Waals surface area contributed by atoms with E-state index in [1.807, 2.05) is 0 Å². The van der Waals surface area contributed by atoms with Gasteiger partial charge >= 0.3 is 5.97 Å². The van der Waals surface area contributed by atoms with Crippen molar-refractivity contribution in [3.8, 4) is 6.07 Å². The van der Waals surface area contributed by atoms with E-state index in [-0.39, 0.29) is 17.8 Å². The fourth-order valence-corrected chi connectivity index (χ4v) is 2.31. The minimum absolute atomic E-state index is 0.166. The number of furan rings is 1. The normalized spacial score (nSPS) is 24.0. The van der Waals surface area contributed by atoms with Crippen molar-refractivity contribution in [3.05, 3.63) is 22.6 Å². The lowest BCUT2D eigenvalue weighted by Crippen LogP contribution is -2.29. The number of halogens is 1. The highest BCUT2D eigenvalue weighted by Gasteiger charge is 2.29. The van der Waals surface area contributed by atoms with Crippen LogP contribution in [0.15, 0.2) is 21.2 Å². The van der Waals surface area contributed by atoms with E-state index in [1.54, 1.807) is 12.1 Å². The zero-order valence-electron chi connectivity index (χ0n) is 9.19. The number of hydrogen-bond acceptors (Lipinski definition) is 4. The Balaban J connectivity index is 2.00. The Morgan fingerprint density at radius 2 is 2.24 bits per heavy atom. The van der Waals surface area contributed by atoms with Gasteiger partial charge in [-0.1, -0.05) is 6.42 Å². The molecule has 0 aliphatic heterocycles. The van der Waals surface area contributed by atoms with Gasteiger partial charge in [-0.25, -0.2) is 4.79 Å².